The number of Topliss-reactive ketones (excluding diaryl/α,β-unsaturated/α-hetero) is 1. The molecule has 0 saturated carbocycles. The molecule has 8 heteroatoms. The number of carboxylic acid groups (broad SMARTS) is 1. The SMILES string of the molecule is COC(=O)NCCCCCc1c(C(=O)CC(C)CC(=O)O)c2cc(Cl)ccc2n1C. The van der Waals surface area contributed by atoms with Crippen LogP contribution in [0.5, 0.6) is 0 Å². The summed E-state index contributed by atoms with van der Waals surface area (Å²) in [5.74, 6) is -1.21. The Bertz CT molecular complexity index is 922. The van der Waals surface area contributed by atoms with Gasteiger partial charge in [0.1, 0.15) is 0 Å². The highest BCUT2D eigenvalue weighted by atomic mass is 35.5. The van der Waals surface area contributed by atoms with Crippen molar-refractivity contribution in [2.24, 2.45) is 13.0 Å². The molecule has 0 aliphatic heterocycles. The lowest BCUT2D eigenvalue weighted by Gasteiger charge is -2.11. The maximum absolute atomic E-state index is 13.1. The number of amides is 1. The molecule has 2 N–H and O–H groups in total. The predicted octanol–water partition coefficient (Wildman–Crippen LogP) is 4.58. The van der Waals surface area contributed by atoms with Crippen LogP contribution >= 0.6 is 11.6 Å². The van der Waals surface area contributed by atoms with Gasteiger partial charge in [-0.05, 0) is 43.4 Å². The molecule has 7 nitrogen and oxygen atoms in total. The molecule has 0 bridgehead atoms. The summed E-state index contributed by atoms with van der Waals surface area (Å²) in [4.78, 5) is 35.2. The van der Waals surface area contributed by atoms with E-state index in [1.54, 1.807) is 19.1 Å². The maximum atomic E-state index is 13.1. The van der Waals surface area contributed by atoms with Crippen LogP contribution in [-0.2, 0) is 23.0 Å². The van der Waals surface area contributed by atoms with Crippen molar-refractivity contribution in [1.82, 2.24) is 9.88 Å². The Morgan fingerprint density at radius 3 is 2.60 bits per heavy atom. The molecule has 0 aliphatic rings. The number of hydrogen-bond acceptors (Lipinski definition) is 4. The van der Waals surface area contributed by atoms with Gasteiger partial charge in [-0.1, -0.05) is 24.9 Å². The molecule has 0 spiro atoms. The van der Waals surface area contributed by atoms with Crippen molar-refractivity contribution in [3.63, 3.8) is 0 Å². The number of ketones is 1. The third kappa shape index (κ3) is 6.23. The molecule has 0 aliphatic carbocycles. The Hall–Kier alpha value is -2.54. The minimum Gasteiger partial charge on any atom is -0.481 e. The monoisotopic (exact) mass is 436 g/mol. The number of fused-ring (bicyclic) bond motifs is 1. The zero-order valence-corrected chi connectivity index (χ0v) is 18.4. The first-order chi connectivity index (χ1) is 14.2. The number of alkyl carbamates (subject to hydrolysis) is 1. The fraction of sp³-hybridized carbons (Fsp3) is 0.500. The molecule has 2 rings (SSSR count). The lowest BCUT2D eigenvalue weighted by molar-refractivity contribution is -0.137. The van der Waals surface area contributed by atoms with Crippen LogP contribution in [0.3, 0.4) is 0 Å². The predicted molar refractivity (Wildman–Crippen MR) is 116 cm³/mol. The van der Waals surface area contributed by atoms with E-state index in [-0.39, 0.29) is 24.5 Å². The number of benzene rings is 1. The lowest BCUT2D eigenvalue weighted by atomic mass is 9.94. The topological polar surface area (TPSA) is 97.6 Å². The highest BCUT2D eigenvalue weighted by Gasteiger charge is 2.23. The molecule has 1 aromatic carbocycles. The standard InChI is InChI=1S/C22H29ClN2O5/c1-14(12-20(27)28)11-19(26)21-16-13-15(23)8-9-17(16)25(2)18(21)7-5-4-6-10-24-22(29)30-3/h8-9,13-14H,4-7,10-12H2,1-3H3,(H,24,29)(H,27,28). The number of carbonyl (C=O) groups excluding carboxylic acids is 2. The number of methoxy groups -OCH3 is 1. The normalized spacial score (nSPS) is 12.0. The molecule has 1 aromatic heterocycles. The van der Waals surface area contributed by atoms with Gasteiger partial charge in [0.05, 0.1) is 7.11 Å². The van der Waals surface area contributed by atoms with Crippen LogP contribution in [0.15, 0.2) is 18.2 Å². The van der Waals surface area contributed by atoms with Gasteiger partial charge in [-0.3, -0.25) is 9.59 Å². The van der Waals surface area contributed by atoms with Gasteiger partial charge < -0.3 is 19.7 Å². The molecule has 30 heavy (non-hydrogen) atoms. The Morgan fingerprint density at radius 1 is 1.20 bits per heavy atom. The number of carboxylic acids is 1. The van der Waals surface area contributed by atoms with Gasteiger partial charge in [-0.25, -0.2) is 4.79 Å². The molecule has 1 atom stereocenters. The van der Waals surface area contributed by atoms with Crippen molar-refractivity contribution in [3.05, 3.63) is 34.5 Å². The number of nitrogens with zero attached hydrogens (tertiary/aromatic N) is 1. The van der Waals surface area contributed by atoms with E-state index in [2.05, 4.69) is 10.1 Å². The molecule has 0 fully saturated rings. The van der Waals surface area contributed by atoms with Crippen LogP contribution in [0.25, 0.3) is 10.9 Å². The van der Waals surface area contributed by atoms with Crippen molar-refractivity contribution in [1.29, 1.82) is 0 Å². The van der Waals surface area contributed by atoms with Gasteiger partial charge in [0.25, 0.3) is 0 Å². The third-order valence-corrected chi connectivity index (χ3v) is 5.40. The minimum atomic E-state index is -0.906. The highest BCUT2D eigenvalue weighted by molar-refractivity contribution is 6.31. The van der Waals surface area contributed by atoms with Crippen molar-refractivity contribution >= 4 is 40.3 Å². The van der Waals surface area contributed by atoms with Gasteiger partial charge in [-0.15, -0.1) is 0 Å². The van der Waals surface area contributed by atoms with Gasteiger partial charge >= 0.3 is 12.1 Å². The summed E-state index contributed by atoms with van der Waals surface area (Å²) in [6.07, 6.45) is 2.94. The number of ether oxygens (including phenoxy) is 1. The van der Waals surface area contributed by atoms with E-state index in [0.717, 1.165) is 35.9 Å². The number of halogens is 1. The van der Waals surface area contributed by atoms with E-state index in [4.69, 9.17) is 16.7 Å². The molecule has 164 valence electrons. The van der Waals surface area contributed by atoms with E-state index in [1.165, 1.54) is 7.11 Å². The van der Waals surface area contributed by atoms with Crippen LogP contribution < -0.4 is 5.32 Å². The number of rotatable bonds is 11. The number of carbonyl (C=O) groups is 3. The molecular weight excluding hydrogens is 408 g/mol. The molecule has 0 saturated heterocycles. The van der Waals surface area contributed by atoms with E-state index in [1.807, 2.05) is 17.7 Å². The van der Waals surface area contributed by atoms with Gasteiger partial charge in [-0.2, -0.15) is 0 Å². The Kier molecular flexibility index (Phi) is 8.72. The smallest absolute Gasteiger partial charge is 0.406 e. The summed E-state index contributed by atoms with van der Waals surface area (Å²) in [6, 6.07) is 5.50. The van der Waals surface area contributed by atoms with E-state index in [0.29, 0.717) is 23.6 Å². The first-order valence-corrected chi connectivity index (χ1v) is 10.5. The van der Waals surface area contributed by atoms with Crippen molar-refractivity contribution in [2.45, 2.75) is 45.4 Å². The van der Waals surface area contributed by atoms with Crippen LogP contribution in [0.1, 0.15) is 55.1 Å². The zero-order valence-electron chi connectivity index (χ0n) is 17.7. The molecule has 1 heterocycles. The minimum absolute atomic E-state index is 0.0419. The maximum Gasteiger partial charge on any atom is 0.406 e. The molecule has 2 aromatic rings. The van der Waals surface area contributed by atoms with E-state index >= 15 is 0 Å². The van der Waals surface area contributed by atoms with Gasteiger partial charge in [0.2, 0.25) is 0 Å². The molecule has 1 amide bonds. The second-order valence-corrected chi connectivity index (χ2v) is 8.04. The molecule has 0 radical (unpaired) electrons. The van der Waals surface area contributed by atoms with Gasteiger partial charge in [0, 0.05) is 53.6 Å². The number of aromatic nitrogens is 1. The Morgan fingerprint density at radius 2 is 1.93 bits per heavy atom. The average molecular weight is 437 g/mol. The Balaban J connectivity index is 2.17. The molecule has 1 unspecified atom stereocenters. The second-order valence-electron chi connectivity index (χ2n) is 7.60. The van der Waals surface area contributed by atoms with E-state index in [9.17, 15) is 14.4 Å². The molecular formula is C22H29ClN2O5. The Labute approximate surface area is 181 Å². The van der Waals surface area contributed by atoms with Crippen LogP contribution in [-0.4, -0.2) is 41.2 Å². The summed E-state index contributed by atoms with van der Waals surface area (Å²) in [6.45, 7) is 2.31. The van der Waals surface area contributed by atoms with Crippen molar-refractivity contribution < 1.29 is 24.2 Å². The van der Waals surface area contributed by atoms with Gasteiger partial charge in [0.15, 0.2) is 5.78 Å². The van der Waals surface area contributed by atoms with Crippen LogP contribution in [0, 0.1) is 5.92 Å². The summed E-state index contributed by atoms with van der Waals surface area (Å²) < 4.78 is 6.57. The summed E-state index contributed by atoms with van der Waals surface area (Å²) in [5.41, 5.74) is 2.50. The number of nitrogens with one attached hydrogen (secondary N) is 1. The summed E-state index contributed by atoms with van der Waals surface area (Å²) in [7, 11) is 3.26. The number of aliphatic carboxylic acids is 1. The van der Waals surface area contributed by atoms with E-state index < -0.39 is 12.1 Å². The first kappa shape index (κ1) is 23.7. The number of unbranched alkanes of at least 4 members (excludes halogenated alkanes) is 2. The first-order valence-electron chi connectivity index (χ1n) is 10.1. The van der Waals surface area contributed by atoms with Crippen LogP contribution in [0.2, 0.25) is 5.02 Å². The fourth-order valence-corrected chi connectivity index (χ4v) is 3.89. The number of hydrogen-bond donors (Lipinski definition) is 2. The quantitative estimate of drug-likeness (QED) is 0.396. The number of aryl methyl sites for hydroxylation is 1. The average Bonchev–Trinajstić information content (AvgIpc) is 2.94. The lowest BCUT2D eigenvalue weighted by Crippen LogP contribution is -2.23. The highest BCUT2D eigenvalue weighted by Crippen LogP contribution is 2.31. The van der Waals surface area contributed by atoms with Crippen molar-refractivity contribution in [2.75, 3.05) is 13.7 Å². The fourth-order valence-electron chi connectivity index (χ4n) is 3.72. The largest absolute Gasteiger partial charge is 0.481 e. The second kappa shape index (κ2) is 11.0. The van der Waals surface area contributed by atoms with Crippen LogP contribution in [0.4, 0.5) is 4.79 Å². The van der Waals surface area contributed by atoms with Crippen molar-refractivity contribution in [3.8, 4) is 0 Å². The summed E-state index contributed by atoms with van der Waals surface area (Å²) >= 11 is 6.19. The summed E-state index contributed by atoms with van der Waals surface area (Å²) in [5, 5.41) is 13.0. The zero-order chi connectivity index (χ0) is 22.3. The third-order valence-electron chi connectivity index (χ3n) is 5.16.